The zero-order chi connectivity index (χ0) is 16.4. The number of halogens is 1. The third-order valence-corrected chi connectivity index (χ3v) is 7.04. The van der Waals surface area contributed by atoms with Crippen LogP contribution >= 0.6 is 11.8 Å². The summed E-state index contributed by atoms with van der Waals surface area (Å²) in [6.45, 7) is 0. The zero-order valence-corrected chi connectivity index (χ0v) is 14.4. The fourth-order valence-electron chi connectivity index (χ4n) is 2.99. The topological polar surface area (TPSA) is 54.5 Å². The largest absolute Gasteiger partial charge is 0.336 e. The quantitative estimate of drug-likeness (QED) is 0.734. The number of thioether (sulfide) groups is 1. The predicted octanol–water partition coefficient (Wildman–Crippen LogP) is 2.49. The number of benzene rings is 1. The fraction of sp³-hybridized carbons (Fsp3) is 0.562. The highest BCUT2D eigenvalue weighted by Gasteiger charge is 2.41. The summed E-state index contributed by atoms with van der Waals surface area (Å²) < 4.78 is 36.9. The van der Waals surface area contributed by atoms with Crippen LogP contribution < -0.4 is 0 Å². The monoisotopic (exact) mass is 357 g/mol. The van der Waals surface area contributed by atoms with Crippen molar-refractivity contribution in [1.82, 2.24) is 4.90 Å². The smallest absolute Gasteiger partial charge is 0.223 e. The number of rotatable bonds is 6. The first-order valence-corrected chi connectivity index (χ1v) is 10.7. The molecule has 7 heteroatoms. The molecule has 1 atom stereocenters. The molecule has 23 heavy (non-hydrogen) atoms. The molecule has 1 amide bonds. The average Bonchev–Trinajstić information content (AvgIpc) is 3.25. The van der Waals surface area contributed by atoms with Crippen molar-refractivity contribution in [1.29, 1.82) is 0 Å². The van der Waals surface area contributed by atoms with Gasteiger partial charge >= 0.3 is 0 Å². The molecule has 2 fully saturated rings. The minimum atomic E-state index is -3.00. The first-order valence-electron chi connectivity index (χ1n) is 7.85. The second kappa shape index (κ2) is 6.81. The molecule has 4 nitrogen and oxygen atoms in total. The fourth-order valence-corrected chi connectivity index (χ4v) is 5.58. The van der Waals surface area contributed by atoms with Crippen LogP contribution in [-0.4, -0.2) is 48.6 Å². The maximum Gasteiger partial charge on any atom is 0.223 e. The Bertz CT molecular complexity index is 688. The van der Waals surface area contributed by atoms with E-state index in [1.807, 2.05) is 0 Å². The van der Waals surface area contributed by atoms with E-state index in [2.05, 4.69) is 0 Å². The molecule has 1 aromatic carbocycles. The second-order valence-corrected chi connectivity index (χ2v) is 9.48. The lowest BCUT2D eigenvalue weighted by molar-refractivity contribution is -0.133. The lowest BCUT2D eigenvalue weighted by Gasteiger charge is -2.28. The lowest BCUT2D eigenvalue weighted by Crippen LogP contribution is -2.42. The normalized spacial score (nSPS) is 22.9. The van der Waals surface area contributed by atoms with Gasteiger partial charge in [0.15, 0.2) is 9.84 Å². The Balaban J connectivity index is 1.56. The van der Waals surface area contributed by atoms with Crippen molar-refractivity contribution in [2.75, 3.05) is 17.3 Å². The molecule has 3 rings (SSSR count). The number of sulfone groups is 1. The van der Waals surface area contributed by atoms with E-state index in [1.54, 1.807) is 23.1 Å². The highest BCUT2D eigenvalue weighted by molar-refractivity contribution is 7.99. The van der Waals surface area contributed by atoms with Crippen LogP contribution in [-0.2, 0) is 14.6 Å². The molecule has 1 aliphatic heterocycles. The summed E-state index contributed by atoms with van der Waals surface area (Å²) in [7, 11) is -3.00. The minimum absolute atomic E-state index is 0.00145. The van der Waals surface area contributed by atoms with Gasteiger partial charge in [-0.3, -0.25) is 4.79 Å². The van der Waals surface area contributed by atoms with Crippen LogP contribution in [0.3, 0.4) is 0 Å². The zero-order valence-electron chi connectivity index (χ0n) is 12.8. The maximum atomic E-state index is 13.6. The van der Waals surface area contributed by atoms with Gasteiger partial charge in [0, 0.05) is 29.2 Å². The van der Waals surface area contributed by atoms with Gasteiger partial charge in [-0.1, -0.05) is 12.1 Å². The van der Waals surface area contributed by atoms with Crippen LogP contribution in [0.1, 0.15) is 25.7 Å². The van der Waals surface area contributed by atoms with E-state index in [0.29, 0.717) is 23.5 Å². The Kier molecular flexibility index (Phi) is 4.96. The van der Waals surface area contributed by atoms with Gasteiger partial charge in [0.1, 0.15) is 5.82 Å². The highest BCUT2D eigenvalue weighted by Crippen LogP contribution is 2.33. The summed E-state index contributed by atoms with van der Waals surface area (Å²) in [6.07, 6.45) is 2.78. The van der Waals surface area contributed by atoms with E-state index >= 15 is 0 Å². The summed E-state index contributed by atoms with van der Waals surface area (Å²) in [6, 6.07) is 6.56. The van der Waals surface area contributed by atoms with Crippen molar-refractivity contribution in [2.24, 2.45) is 0 Å². The van der Waals surface area contributed by atoms with Gasteiger partial charge in [-0.2, -0.15) is 0 Å². The number of hydrogen-bond acceptors (Lipinski definition) is 4. The van der Waals surface area contributed by atoms with E-state index in [-0.39, 0.29) is 35.3 Å². The van der Waals surface area contributed by atoms with Gasteiger partial charge < -0.3 is 4.90 Å². The molecule has 1 saturated heterocycles. The summed E-state index contributed by atoms with van der Waals surface area (Å²) in [5, 5.41) is 0. The van der Waals surface area contributed by atoms with Crippen molar-refractivity contribution in [3.63, 3.8) is 0 Å². The summed E-state index contributed by atoms with van der Waals surface area (Å²) >= 11 is 1.33. The molecule has 0 N–H and O–H groups in total. The van der Waals surface area contributed by atoms with E-state index in [9.17, 15) is 17.6 Å². The van der Waals surface area contributed by atoms with Gasteiger partial charge in [0.2, 0.25) is 5.91 Å². The standard InChI is InChI=1S/C16H20FNO3S2/c17-14-3-1-2-4-15(14)22-9-7-16(19)18(12-5-6-12)13-8-10-23(20,21)11-13/h1-4,12-13H,5-11H2. The van der Waals surface area contributed by atoms with Crippen molar-refractivity contribution < 1.29 is 17.6 Å². The minimum Gasteiger partial charge on any atom is -0.336 e. The Morgan fingerprint density at radius 2 is 1.96 bits per heavy atom. The summed E-state index contributed by atoms with van der Waals surface area (Å²) in [4.78, 5) is 14.9. The van der Waals surface area contributed by atoms with Crippen molar-refractivity contribution >= 4 is 27.5 Å². The number of amides is 1. The predicted molar refractivity (Wildman–Crippen MR) is 88.7 cm³/mol. The van der Waals surface area contributed by atoms with Crippen LogP contribution in [0, 0.1) is 5.82 Å². The third kappa shape index (κ3) is 4.26. The molecular formula is C16H20FNO3S2. The lowest BCUT2D eigenvalue weighted by atomic mass is 10.2. The summed E-state index contributed by atoms with van der Waals surface area (Å²) in [5.41, 5.74) is 0. The molecule has 2 aliphatic rings. The molecule has 1 unspecified atom stereocenters. The Labute approximate surface area is 140 Å². The van der Waals surface area contributed by atoms with Crippen molar-refractivity contribution in [3.05, 3.63) is 30.1 Å². The van der Waals surface area contributed by atoms with Crippen molar-refractivity contribution in [3.8, 4) is 0 Å². The maximum absolute atomic E-state index is 13.6. The second-order valence-electron chi connectivity index (χ2n) is 6.12. The van der Waals surface area contributed by atoms with Gasteiger partial charge in [-0.05, 0) is 31.4 Å². The van der Waals surface area contributed by atoms with Gasteiger partial charge in [0.25, 0.3) is 0 Å². The van der Waals surface area contributed by atoms with Crippen LogP contribution in [0.2, 0.25) is 0 Å². The number of carbonyl (C=O) groups excluding carboxylic acids is 1. The van der Waals surface area contributed by atoms with E-state index in [0.717, 1.165) is 12.8 Å². The molecule has 1 aliphatic carbocycles. The van der Waals surface area contributed by atoms with E-state index < -0.39 is 9.84 Å². The molecule has 0 spiro atoms. The van der Waals surface area contributed by atoms with Gasteiger partial charge in [-0.25, -0.2) is 12.8 Å². The van der Waals surface area contributed by atoms with E-state index in [1.165, 1.54) is 17.8 Å². The highest BCUT2D eigenvalue weighted by atomic mass is 32.2. The first kappa shape index (κ1) is 16.8. The van der Waals surface area contributed by atoms with E-state index in [4.69, 9.17) is 0 Å². The van der Waals surface area contributed by atoms with Crippen LogP contribution in [0.5, 0.6) is 0 Å². The van der Waals surface area contributed by atoms with Gasteiger partial charge in [-0.15, -0.1) is 11.8 Å². The molecule has 0 aromatic heterocycles. The molecule has 126 valence electrons. The molecule has 1 aromatic rings. The Hall–Kier alpha value is -1.08. The number of nitrogens with zero attached hydrogens (tertiary/aromatic N) is 1. The first-order chi connectivity index (χ1) is 11.0. The summed E-state index contributed by atoms with van der Waals surface area (Å²) in [5.74, 6) is 0.500. The van der Waals surface area contributed by atoms with Crippen molar-refractivity contribution in [2.45, 2.75) is 42.7 Å². The number of hydrogen-bond donors (Lipinski definition) is 0. The third-order valence-electron chi connectivity index (χ3n) is 4.24. The number of carbonyl (C=O) groups is 1. The molecule has 1 saturated carbocycles. The average molecular weight is 357 g/mol. The van der Waals surface area contributed by atoms with Crippen LogP contribution in [0.15, 0.2) is 29.2 Å². The van der Waals surface area contributed by atoms with Crippen LogP contribution in [0.25, 0.3) is 0 Å². The molecule has 0 bridgehead atoms. The SMILES string of the molecule is O=C(CCSc1ccccc1F)N(C1CC1)C1CCS(=O)(=O)C1. The Morgan fingerprint density at radius 1 is 1.22 bits per heavy atom. The molecule has 1 heterocycles. The van der Waals surface area contributed by atoms with Gasteiger partial charge in [0.05, 0.1) is 11.5 Å². The molecular weight excluding hydrogens is 337 g/mol. The Morgan fingerprint density at radius 3 is 2.57 bits per heavy atom. The van der Waals surface area contributed by atoms with Crippen LogP contribution in [0.4, 0.5) is 4.39 Å². The molecule has 0 radical (unpaired) electrons.